The molecule has 0 spiro atoms. The van der Waals surface area contributed by atoms with Gasteiger partial charge >= 0.3 is 0 Å². The summed E-state index contributed by atoms with van der Waals surface area (Å²) in [5.41, 5.74) is 3.26. The fraction of sp³-hybridized carbons (Fsp3) is 0.190. The van der Waals surface area contributed by atoms with Crippen molar-refractivity contribution in [1.29, 1.82) is 0 Å². The van der Waals surface area contributed by atoms with Crippen molar-refractivity contribution in [3.63, 3.8) is 0 Å². The predicted octanol–water partition coefficient (Wildman–Crippen LogP) is 4.62. The molecule has 1 amide bonds. The lowest BCUT2D eigenvalue weighted by Gasteiger charge is -2.17. The van der Waals surface area contributed by atoms with E-state index in [1.807, 2.05) is 66.5 Å². The van der Waals surface area contributed by atoms with Crippen molar-refractivity contribution >= 4 is 23.1 Å². The van der Waals surface area contributed by atoms with E-state index in [-0.39, 0.29) is 11.6 Å². The molecule has 0 atom stereocenters. The van der Waals surface area contributed by atoms with Crippen LogP contribution in [0.4, 0.5) is 17.2 Å². The van der Waals surface area contributed by atoms with Crippen molar-refractivity contribution < 1.29 is 4.79 Å². The summed E-state index contributed by atoms with van der Waals surface area (Å²) >= 11 is 0. The van der Waals surface area contributed by atoms with Crippen molar-refractivity contribution in [3.05, 3.63) is 78.2 Å². The number of carbonyl (C=O) groups excluding carboxylic acids is 1. The highest BCUT2D eigenvalue weighted by Gasteiger charge is 2.11. The Hall–Kier alpha value is -3.21. The number of benzene rings is 2. The minimum atomic E-state index is -0.274. The molecule has 1 heterocycles. The molecule has 0 fully saturated rings. The summed E-state index contributed by atoms with van der Waals surface area (Å²) < 4.78 is 0. The Kier molecular flexibility index (Phi) is 5.27. The number of para-hydroxylation sites is 1. The number of hydrogen-bond donors (Lipinski definition) is 1. The summed E-state index contributed by atoms with van der Waals surface area (Å²) in [6.07, 6.45) is 3.09. The highest BCUT2D eigenvalue weighted by molar-refractivity contribution is 6.02. The van der Waals surface area contributed by atoms with E-state index < -0.39 is 0 Å². The maximum absolute atomic E-state index is 12.4. The third kappa shape index (κ3) is 4.06. The zero-order chi connectivity index (χ0) is 18.5. The minimum Gasteiger partial charge on any atom is -0.328 e. The van der Waals surface area contributed by atoms with Gasteiger partial charge in [-0.05, 0) is 35.7 Å². The van der Waals surface area contributed by atoms with Gasteiger partial charge in [0, 0.05) is 18.4 Å². The smallest absolute Gasteiger partial charge is 0.275 e. The van der Waals surface area contributed by atoms with Crippen LogP contribution in [-0.2, 0) is 0 Å². The van der Waals surface area contributed by atoms with Crippen molar-refractivity contribution in [2.75, 3.05) is 17.3 Å². The zero-order valence-electron chi connectivity index (χ0n) is 15.2. The Balaban J connectivity index is 1.69. The molecule has 3 aromatic rings. The van der Waals surface area contributed by atoms with E-state index in [4.69, 9.17) is 0 Å². The van der Waals surface area contributed by atoms with Crippen LogP contribution in [0.3, 0.4) is 0 Å². The van der Waals surface area contributed by atoms with E-state index in [9.17, 15) is 4.79 Å². The molecule has 26 heavy (non-hydrogen) atoms. The van der Waals surface area contributed by atoms with Gasteiger partial charge < -0.3 is 10.2 Å². The summed E-state index contributed by atoms with van der Waals surface area (Å²) in [6, 6.07) is 17.7. The second-order valence-electron chi connectivity index (χ2n) is 6.39. The number of nitrogens with one attached hydrogen (secondary N) is 1. The molecule has 0 saturated carbocycles. The molecule has 1 N–H and O–H groups in total. The fourth-order valence-corrected chi connectivity index (χ4v) is 2.54. The van der Waals surface area contributed by atoms with Gasteiger partial charge in [-0.2, -0.15) is 0 Å². The van der Waals surface area contributed by atoms with E-state index in [2.05, 4.69) is 29.1 Å². The number of aromatic nitrogens is 2. The molecule has 0 unspecified atom stereocenters. The number of anilines is 3. The Bertz CT molecular complexity index is 859. The van der Waals surface area contributed by atoms with Gasteiger partial charge in [0.05, 0.1) is 12.4 Å². The number of amides is 1. The third-order valence-corrected chi connectivity index (χ3v) is 4.19. The van der Waals surface area contributed by atoms with E-state index in [1.165, 1.54) is 11.8 Å². The van der Waals surface area contributed by atoms with Gasteiger partial charge in [0.2, 0.25) is 0 Å². The van der Waals surface area contributed by atoms with Crippen LogP contribution in [0.5, 0.6) is 0 Å². The molecular formula is C21H22N4O. The van der Waals surface area contributed by atoms with Crippen LogP contribution in [0.15, 0.2) is 67.0 Å². The molecule has 5 nitrogen and oxygen atoms in total. The van der Waals surface area contributed by atoms with Gasteiger partial charge in [-0.3, -0.25) is 4.79 Å². The van der Waals surface area contributed by atoms with Crippen molar-refractivity contribution in [1.82, 2.24) is 9.97 Å². The minimum absolute atomic E-state index is 0.274. The molecule has 0 aliphatic carbocycles. The highest BCUT2D eigenvalue weighted by Crippen LogP contribution is 2.20. The molecule has 0 radical (unpaired) electrons. The SMILES string of the molecule is CC(C)c1ccc(NC(=O)c2cnc(N(C)c3ccccc3)cn2)cc1. The lowest BCUT2D eigenvalue weighted by molar-refractivity contribution is 0.102. The lowest BCUT2D eigenvalue weighted by atomic mass is 10.0. The number of rotatable bonds is 5. The summed E-state index contributed by atoms with van der Waals surface area (Å²) in [5.74, 6) is 0.859. The van der Waals surface area contributed by atoms with E-state index in [1.54, 1.807) is 6.20 Å². The molecular weight excluding hydrogens is 324 g/mol. The van der Waals surface area contributed by atoms with Crippen molar-refractivity contribution in [3.8, 4) is 0 Å². The topological polar surface area (TPSA) is 58.1 Å². The Morgan fingerprint density at radius 1 is 0.962 bits per heavy atom. The number of nitrogens with zero attached hydrogens (tertiary/aromatic N) is 3. The quantitative estimate of drug-likeness (QED) is 0.732. The molecule has 3 rings (SSSR count). The molecule has 0 aliphatic heterocycles. The standard InChI is InChI=1S/C21H22N4O/c1-15(2)16-9-11-17(12-10-16)24-21(26)19-13-23-20(14-22-19)25(3)18-7-5-4-6-8-18/h4-15H,1-3H3,(H,24,26). The molecule has 5 heteroatoms. The third-order valence-electron chi connectivity index (χ3n) is 4.19. The zero-order valence-corrected chi connectivity index (χ0v) is 15.2. The number of carbonyl (C=O) groups is 1. The molecule has 0 aliphatic rings. The van der Waals surface area contributed by atoms with Crippen LogP contribution < -0.4 is 10.2 Å². The Morgan fingerprint density at radius 2 is 1.65 bits per heavy atom. The van der Waals surface area contributed by atoms with Crippen LogP contribution in [0.2, 0.25) is 0 Å². The second-order valence-corrected chi connectivity index (χ2v) is 6.39. The first-order valence-electron chi connectivity index (χ1n) is 8.56. The van der Waals surface area contributed by atoms with Gasteiger partial charge in [-0.15, -0.1) is 0 Å². The van der Waals surface area contributed by atoms with E-state index in [0.29, 0.717) is 11.7 Å². The largest absolute Gasteiger partial charge is 0.328 e. The Labute approximate surface area is 153 Å². The normalized spacial score (nSPS) is 10.6. The van der Waals surface area contributed by atoms with Crippen LogP contribution in [0.1, 0.15) is 35.8 Å². The summed E-state index contributed by atoms with van der Waals surface area (Å²) in [5, 5.41) is 2.85. The monoisotopic (exact) mass is 346 g/mol. The molecule has 0 saturated heterocycles. The van der Waals surface area contributed by atoms with Gasteiger partial charge in [-0.1, -0.05) is 44.2 Å². The second kappa shape index (κ2) is 7.78. The first kappa shape index (κ1) is 17.6. The summed E-state index contributed by atoms with van der Waals surface area (Å²) in [6.45, 7) is 4.27. The van der Waals surface area contributed by atoms with Gasteiger partial charge in [0.25, 0.3) is 5.91 Å². The maximum Gasteiger partial charge on any atom is 0.275 e. The highest BCUT2D eigenvalue weighted by atomic mass is 16.1. The molecule has 1 aromatic heterocycles. The average molecular weight is 346 g/mol. The van der Waals surface area contributed by atoms with Crippen molar-refractivity contribution in [2.45, 2.75) is 19.8 Å². The average Bonchev–Trinajstić information content (AvgIpc) is 2.68. The van der Waals surface area contributed by atoms with Gasteiger partial charge in [-0.25, -0.2) is 9.97 Å². The Morgan fingerprint density at radius 3 is 2.23 bits per heavy atom. The van der Waals surface area contributed by atoms with Crippen LogP contribution >= 0.6 is 0 Å². The molecule has 0 bridgehead atoms. The fourth-order valence-electron chi connectivity index (χ4n) is 2.54. The van der Waals surface area contributed by atoms with E-state index >= 15 is 0 Å². The molecule has 132 valence electrons. The van der Waals surface area contributed by atoms with Crippen LogP contribution in [-0.4, -0.2) is 22.9 Å². The first-order valence-corrected chi connectivity index (χ1v) is 8.56. The van der Waals surface area contributed by atoms with Gasteiger partial charge in [0.1, 0.15) is 5.69 Å². The number of hydrogen-bond acceptors (Lipinski definition) is 4. The maximum atomic E-state index is 12.4. The summed E-state index contributed by atoms with van der Waals surface area (Å²) in [7, 11) is 1.91. The summed E-state index contributed by atoms with van der Waals surface area (Å²) in [4.78, 5) is 22.9. The predicted molar refractivity (Wildman–Crippen MR) is 105 cm³/mol. The van der Waals surface area contributed by atoms with Crippen molar-refractivity contribution in [2.24, 2.45) is 0 Å². The van der Waals surface area contributed by atoms with Gasteiger partial charge in [0.15, 0.2) is 5.82 Å². The first-order chi connectivity index (χ1) is 12.5. The van der Waals surface area contributed by atoms with E-state index in [0.717, 1.165) is 11.4 Å². The van der Waals surface area contributed by atoms with Crippen LogP contribution in [0.25, 0.3) is 0 Å². The lowest BCUT2D eigenvalue weighted by Crippen LogP contribution is -2.16. The van der Waals surface area contributed by atoms with Crippen LogP contribution in [0, 0.1) is 0 Å². The molecule has 2 aromatic carbocycles.